The molecule has 1 unspecified atom stereocenters. The molecule has 4 N–H and O–H groups in total. The highest BCUT2D eigenvalue weighted by Gasteiger charge is 2.17. The number of nitrogens with two attached hydrogens (primary N) is 2. The van der Waals surface area contributed by atoms with Crippen LogP contribution in [0, 0.1) is 11.6 Å². The van der Waals surface area contributed by atoms with Gasteiger partial charge in [-0.1, -0.05) is 0 Å². The number of methoxy groups -OCH3 is 1. The van der Waals surface area contributed by atoms with E-state index in [1.54, 1.807) is 0 Å². The summed E-state index contributed by atoms with van der Waals surface area (Å²) >= 11 is 0. The number of rotatable bonds is 4. The Hall–Kier alpha value is -1.69. The predicted octanol–water partition coefficient (Wildman–Crippen LogP) is 0.849. The van der Waals surface area contributed by atoms with Crippen LogP contribution in [0.5, 0.6) is 5.75 Å². The van der Waals surface area contributed by atoms with Crippen LogP contribution in [-0.2, 0) is 4.79 Å². The molecular formula is C10H12F2N2O2. The minimum Gasteiger partial charge on any atom is -0.494 e. The van der Waals surface area contributed by atoms with Crippen molar-refractivity contribution in [2.24, 2.45) is 11.5 Å². The van der Waals surface area contributed by atoms with Gasteiger partial charge in [-0.25, -0.2) is 8.78 Å². The first-order valence-electron chi connectivity index (χ1n) is 4.52. The van der Waals surface area contributed by atoms with E-state index in [-0.39, 0.29) is 17.7 Å². The molecule has 0 saturated heterocycles. The second kappa shape index (κ2) is 4.89. The third kappa shape index (κ3) is 2.66. The van der Waals surface area contributed by atoms with E-state index in [1.807, 2.05) is 0 Å². The van der Waals surface area contributed by atoms with E-state index in [0.717, 1.165) is 12.1 Å². The minimum atomic E-state index is -0.960. The Bertz CT molecular complexity index is 410. The molecule has 0 aliphatic rings. The van der Waals surface area contributed by atoms with Gasteiger partial charge < -0.3 is 16.2 Å². The van der Waals surface area contributed by atoms with Gasteiger partial charge in [0.1, 0.15) is 5.82 Å². The molecule has 0 bridgehead atoms. The SMILES string of the molecule is COc1cc(F)c(C(N)CC(N)=O)cc1F. The van der Waals surface area contributed by atoms with E-state index in [0.29, 0.717) is 0 Å². The minimum absolute atomic E-state index is 0.0999. The predicted molar refractivity (Wildman–Crippen MR) is 53.6 cm³/mol. The normalized spacial score (nSPS) is 12.2. The molecular weight excluding hydrogens is 218 g/mol. The lowest BCUT2D eigenvalue weighted by atomic mass is 10.0. The summed E-state index contributed by atoms with van der Waals surface area (Å²) < 4.78 is 31.3. The summed E-state index contributed by atoms with van der Waals surface area (Å²) in [5.74, 6) is -2.36. The van der Waals surface area contributed by atoms with Gasteiger partial charge >= 0.3 is 0 Å². The molecule has 0 radical (unpaired) electrons. The Morgan fingerprint density at radius 2 is 2.06 bits per heavy atom. The highest BCUT2D eigenvalue weighted by Crippen LogP contribution is 2.25. The first kappa shape index (κ1) is 12.4. The van der Waals surface area contributed by atoms with Crippen LogP contribution in [-0.4, -0.2) is 13.0 Å². The molecule has 0 fully saturated rings. The lowest BCUT2D eigenvalue weighted by Crippen LogP contribution is -2.21. The second-order valence-electron chi connectivity index (χ2n) is 3.29. The Morgan fingerprint density at radius 3 is 2.56 bits per heavy atom. The highest BCUT2D eigenvalue weighted by atomic mass is 19.1. The fraction of sp³-hybridized carbons (Fsp3) is 0.300. The van der Waals surface area contributed by atoms with Gasteiger partial charge in [0.05, 0.1) is 7.11 Å². The average Bonchev–Trinajstić information content (AvgIpc) is 2.19. The smallest absolute Gasteiger partial charge is 0.219 e. The van der Waals surface area contributed by atoms with Crippen LogP contribution in [0.3, 0.4) is 0 Å². The van der Waals surface area contributed by atoms with Crippen molar-refractivity contribution in [2.75, 3.05) is 7.11 Å². The lowest BCUT2D eigenvalue weighted by Gasteiger charge is -2.12. The third-order valence-electron chi connectivity index (χ3n) is 2.09. The first-order valence-corrected chi connectivity index (χ1v) is 4.52. The molecule has 4 nitrogen and oxygen atoms in total. The maximum atomic E-state index is 13.4. The summed E-state index contributed by atoms with van der Waals surface area (Å²) in [5.41, 5.74) is 10.3. The molecule has 6 heteroatoms. The summed E-state index contributed by atoms with van der Waals surface area (Å²) in [7, 11) is 1.22. The number of ether oxygens (including phenoxy) is 1. The van der Waals surface area contributed by atoms with Gasteiger partial charge in [0, 0.05) is 24.1 Å². The Balaban J connectivity index is 3.05. The fourth-order valence-corrected chi connectivity index (χ4v) is 1.31. The van der Waals surface area contributed by atoms with Gasteiger partial charge in [-0.05, 0) is 6.07 Å². The van der Waals surface area contributed by atoms with E-state index in [1.165, 1.54) is 7.11 Å². The van der Waals surface area contributed by atoms with Crippen molar-refractivity contribution in [3.8, 4) is 5.75 Å². The largest absolute Gasteiger partial charge is 0.494 e. The van der Waals surface area contributed by atoms with Crippen molar-refractivity contribution in [1.82, 2.24) is 0 Å². The van der Waals surface area contributed by atoms with E-state index >= 15 is 0 Å². The maximum absolute atomic E-state index is 13.4. The molecule has 16 heavy (non-hydrogen) atoms. The second-order valence-corrected chi connectivity index (χ2v) is 3.29. The van der Waals surface area contributed by atoms with Crippen LogP contribution in [0.2, 0.25) is 0 Å². The fourth-order valence-electron chi connectivity index (χ4n) is 1.31. The summed E-state index contributed by atoms with van der Waals surface area (Å²) in [6, 6.07) is 0.825. The molecule has 1 atom stereocenters. The number of primary amides is 1. The molecule has 0 aromatic heterocycles. The number of benzene rings is 1. The van der Waals surface area contributed by atoms with E-state index in [2.05, 4.69) is 4.74 Å². The summed E-state index contributed by atoms with van der Waals surface area (Å²) in [5, 5.41) is 0. The Kier molecular flexibility index (Phi) is 3.78. The molecule has 1 rings (SSSR count). The summed E-state index contributed by atoms with van der Waals surface area (Å²) in [4.78, 5) is 10.6. The molecule has 0 aliphatic carbocycles. The number of amides is 1. The van der Waals surface area contributed by atoms with Gasteiger partial charge in [0.25, 0.3) is 0 Å². The summed E-state index contributed by atoms with van der Waals surface area (Å²) in [6.07, 6.45) is -0.247. The lowest BCUT2D eigenvalue weighted by molar-refractivity contribution is -0.118. The van der Waals surface area contributed by atoms with Crippen LogP contribution in [0.15, 0.2) is 12.1 Å². The van der Waals surface area contributed by atoms with Gasteiger partial charge in [-0.2, -0.15) is 0 Å². The zero-order chi connectivity index (χ0) is 12.3. The van der Waals surface area contributed by atoms with E-state index in [9.17, 15) is 13.6 Å². The van der Waals surface area contributed by atoms with Gasteiger partial charge in [0.15, 0.2) is 11.6 Å². The van der Waals surface area contributed by atoms with Gasteiger partial charge in [-0.15, -0.1) is 0 Å². The van der Waals surface area contributed by atoms with Crippen LogP contribution in [0.4, 0.5) is 8.78 Å². The van der Waals surface area contributed by atoms with Crippen LogP contribution in [0.25, 0.3) is 0 Å². The van der Waals surface area contributed by atoms with Crippen LogP contribution < -0.4 is 16.2 Å². The van der Waals surface area contributed by atoms with E-state index < -0.39 is 23.6 Å². The molecule has 0 saturated carbocycles. The van der Waals surface area contributed by atoms with Crippen molar-refractivity contribution in [1.29, 1.82) is 0 Å². The zero-order valence-electron chi connectivity index (χ0n) is 8.67. The van der Waals surface area contributed by atoms with Gasteiger partial charge in [0.2, 0.25) is 5.91 Å². The van der Waals surface area contributed by atoms with Crippen LogP contribution >= 0.6 is 0 Å². The number of carbonyl (C=O) groups is 1. The molecule has 1 aromatic rings. The highest BCUT2D eigenvalue weighted by molar-refractivity contribution is 5.74. The molecule has 0 spiro atoms. The van der Waals surface area contributed by atoms with Crippen molar-refractivity contribution in [2.45, 2.75) is 12.5 Å². The maximum Gasteiger partial charge on any atom is 0.219 e. The average molecular weight is 230 g/mol. The third-order valence-corrected chi connectivity index (χ3v) is 2.09. The quantitative estimate of drug-likeness (QED) is 0.804. The van der Waals surface area contributed by atoms with E-state index in [4.69, 9.17) is 11.5 Å². The van der Waals surface area contributed by atoms with Crippen molar-refractivity contribution in [3.05, 3.63) is 29.3 Å². The van der Waals surface area contributed by atoms with Crippen molar-refractivity contribution in [3.63, 3.8) is 0 Å². The molecule has 0 aliphatic heterocycles. The molecule has 0 heterocycles. The number of hydrogen-bond donors (Lipinski definition) is 2. The number of hydrogen-bond acceptors (Lipinski definition) is 3. The standard InChI is InChI=1S/C10H12F2N2O2/c1-16-9-3-6(11)5(2-7(9)12)8(13)4-10(14)15/h2-3,8H,4,13H2,1H3,(H2,14,15). The van der Waals surface area contributed by atoms with Crippen LogP contribution in [0.1, 0.15) is 18.0 Å². The van der Waals surface area contributed by atoms with Crippen molar-refractivity contribution < 1.29 is 18.3 Å². The zero-order valence-corrected chi connectivity index (χ0v) is 8.67. The molecule has 1 aromatic carbocycles. The summed E-state index contributed by atoms with van der Waals surface area (Å²) in [6.45, 7) is 0. The van der Waals surface area contributed by atoms with Gasteiger partial charge in [-0.3, -0.25) is 4.79 Å². The molecule has 88 valence electrons. The topological polar surface area (TPSA) is 78.3 Å². The first-order chi connectivity index (χ1) is 7.45. The van der Waals surface area contributed by atoms with Crippen molar-refractivity contribution >= 4 is 5.91 Å². The number of carbonyl (C=O) groups excluding carboxylic acids is 1. The number of halogens is 2. The molecule has 1 amide bonds. The monoisotopic (exact) mass is 230 g/mol. The Labute approximate surface area is 91.2 Å². The Morgan fingerprint density at radius 1 is 1.44 bits per heavy atom.